The number of aliphatic hydroxyl groups is 2. The zero-order valence-electron chi connectivity index (χ0n) is 7.28. The van der Waals surface area contributed by atoms with Gasteiger partial charge < -0.3 is 10.2 Å². The molecule has 0 radical (unpaired) electrons. The third kappa shape index (κ3) is 3.44. The summed E-state index contributed by atoms with van der Waals surface area (Å²) < 4.78 is 93.9. The van der Waals surface area contributed by atoms with Gasteiger partial charge >= 0.3 is 18.3 Å². The van der Waals surface area contributed by atoms with Gasteiger partial charge in [0.2, 0.25) is 0 Å². The zero-order chi connectivity index (χ0) is 13.4. The number of rotatable bonds is 3. The summed E-state index contributed by atoms with van der Waals surface area (Å²) in [5, 5.41) is 16.5. The van der Waals surface area contributed by atoms with E-state index >= 15 is 0 Å². The summed E-state index contributed by atoms with van der Waals surface area (Å²) in [7, 11) is 0. The maximum Gasteiger partial charge on any atom is 0.456 e. The highest BCUT2D eigenvalue weighted by atomic mass is 19.4. The molecule has 0 heterocycles. The molecule has 0 spiro atoms. The van der Waals surface area contributed by atoms with E-state index in [2.05, 4.69) is 0 Å². The van der Waals surface area contributed by atoms with Gasteiger partial charge in [-0.25, -0.2) is 0 Å². The molecule has 0 saturated heterocycles. The van der Waals surface area contributed by atoms with Crippen LogP contribution in [0.25, 0.3) is 0 Å². The van der Waals surface area contributed by atoms with Crippen LogP contribution in [0, 0.1) is 0 Å². The quantitative estimate of drug-likeness (QED) is 0.762. The summed E-state index contributed by atoms with van der Waals surface area (Å²) in [6, 6.07) is 0. The topological polar surface area (TPSA) is 40.5 Å². The van der Waals surface area contributed by atoms with Gasteiger partial charge in [0.1, 0.15) is 6.10 Å². The highest BCUT2D eigenvalue weighted by Crippen LogP contribution is 2.40. The van der Waals surface area contributed by atoms with Crippen molar-refractivity contribution in [3.63, 3.8) is 0 Å². The van der Waals surface area contributed by atoms with Gasteiger partial charge in [-0.05, 0) is 0 Å². The Morgan fingerprint density at radius 1 is 0.750 bits per heavy atom. The normalized spacial score (nSPS) is 18.4. The predicted octanol–water partition coefficient (Wildman–Crippen LogP) is 1.86. The maximum absolute atomic E-state index is 12.2. The summed E-state index contributed by atoms with van der Waals surface area (Å²) in [5.41, 5.74) is 0. The Morgan fingerprint density at radius 3 is 1.38 bits per heavy atom. The Kier molecular flexibility index (Phi) is 4.15. The van der Waals surface area contributed by atoms with E-state index in [1.54, 1.807) is 0 Å². The highest BCUT2D eigenvalue weighted by Gasteiger charge is 2.63. The van der Waals surface area contributed by atoms with E-state index in [1.165, 1.54) is 0 Å². The van der Waals surface area contributed by atoms with Crippen LogP contribution in [-0.4, -0.2) is 40.7 Å². The molecule has 0 amide bonds. The molecule has 0 aliphatic rings. The van der Waals surface area contributed by atoms with E-state index in [0.29, 0.717) is 0 Å². The fourth-order valence-corrected chi connectivity index (χ4v) is 0.682. The molecule has 0 aromatic carbocycles. The van der Waals surface area contributed by atoms with Crippen LogP contribution in [0.15, 0.2) is 0 Å². The molecule has 0 aliphatic carbocycles. The third-order valence-electron chi connectivity index (χ3n) is 1.62. The Hall–Kier alpha value is -0.640. The van der Waals surface area contributed by atoms with Crippen LogP contribution >= 0.6 is 0 Å². The summed E-state index contributed by atoms with van der Waals surface area (Å²) in [4.78, 5) is 0. The largest absolute Gasteiger partial charge is 0.456 e. The Bertz CT molecular complexity index is 232. The molecule has 2 unspecified atom stereocenters. The molecular weight excluding hydrogens is 256 g/mol. The first-order valence-corrected chi connectivity index (χ1v) is 3.67. The van der Waals surface area contributed by atoms with Crippen molar-refractivity contribution in [1.82, 2.24) is 0 Å². The van der Waals surface area contributed by atoms with Crippen LogP contribution < -0.4 is 0 Å². The van der Waals surface area contributed by atoms with Crippen LogP contribution in [0.2, 0.25) is 0 Å². The molecule has 16 heavy (non-hydrogen) atoms. The van der Waals surface area contributed by atoms with E-state index in [1.807, 2.05) is 0 Å². The summed E-state index contributed by atoms with van der Waals surface area (Å²) in [6.45, 7) is 0. The van der Waals surface area contributed by atoms with Crippen LogP contribution in [-0.2, 0) is 0 Å². The second-order valence-corrected chi connectivity index (χ2v) is 2.93. The number of hydrogen-bond donors (Lipinski definition) is 2. The molecule has 0 fully saturated rings. The van der Waals surface area contributed by atoms with Gasteiger partial charge in [0.05, 0.1) is 0 Å². The monoisotopic (exact) mass is 262 g/mol. The smallest absolute Gasteiger partial charge is 0.386 e. The number of halogens is 8. The molecule has 0 bridgehead atoms. The molecule has 10 heteroatoms. The molecule has 0 rings (SSSR count). The lowest BCUT2D eigenvalue weighted by atomic mass is 10.1. The van der Waals surface area contributed by atoms with Gasteiger partial charge in [-0.3, -0.25) is 0 Å². The molecular formula is C6H6F8O2. The van der Waals surface area contributed by atoms with Gasteiger partial charge in [0.25, 0.3) is 0 Å². The van der Waals surface area contributed by atoms with Crippen LogP contribution in [0.1, 0.15) is 6.42 Å². The van der Waals surface area contributed by atoms with Gasteiger partial charge in [0, 0.05) is 6.42 Å². The van der Waals surface area contributed by atoms with E-state index < -0.39 is 36.9 Å². The summed E-state index contributed by atoms with van der Waals surface area (Å²) in [6.07, 6.45) is -20.8. The number of hydrogen-bond acceptors (Lipinski definition) is 2. The molecule has 2 atom stereocenters. The Balaban J connectivity index is 4.66. The minimum Gasteiger partial charge on any atom is -0.386 e. The van der Waals surface area contributed by atoms with Crippen molar-refractivity contribution in [3.05, 3.63) is 0 Å². The number of alkyl halides is 8. The van der Waals surface area contributed by atoms with Gasteiger partial charge in [-0.1, -0.05) is 0 Å². The first-order chi connectivity index (χ1) is 6.80. The minimum atomic E-state index is -6.18. The molecule has 0 saturated carbocycles. The standard InChI is InChI=1S/C6H6F8O2/c7-4(8,6(12,13)14)2(15)1-3(16)5(9,10)11/h2-3,15-16H,1H2. The molecule has 2 nitrogen and oxygen atoms in total. The average Bonchev–Trinajstić information content (AvgIpc) is 1.99. The van der Waals surface area contributed by atoms with Crippen LogP contribution in [0.4, 0.5) is 35.1 Å². The highest BCUT2D eigenvalue weighted by molar-refractivity contribution is 4.86. The number of aliphatic hydroxyl groups excluding tert-OH is 2. The van der Waals surface area contributed by atoms with E-state index in [0.717, 1.165) is 0 Å². The zero-order valence-corrected chi connectivity index (χ0v) is 7.28. The SMILES string of the molecule is OC(CC(O)C(F)(F)C(F)(F)F)C(F)(F)F. The van der Waals surface area contributed by atoms with Crippen LogP contribution in [0.3, 0.4) is 0 Å². The lowest BCUT2D eigenvalue weighted by Crippen LogP contribution is -2.49. The second kappa shape index (κ2) is 4.32. The lowest BCUT2D eigenvalue weighted by Gasteiger charge is -2.26. The summed E-state index contributed by atoms with van der Waals surface area (Å²) >= 11 is 0. The third-order valence-corrected chi connectivity index (χ3v) is 1.62. The van der Waals surface area contributed by atoms with Crippen LogP contribution in [0.5, 0.6) is 0 Å². The van der Waals surface area contributed by atoms with Gasteiger partial charge in [-0.15, -0.1) is 0 Å². The molecule has 0 aliphatic heterocycles. The van der Waals surface area contributed by atoms with Crippen molar-refractivity contribution >= 4 is 0 Å². The van der Waals surface area contributed by atoms with Gasteiger partial charge in [0.15, 0.2) is 6.10 Å². The van der Waals surface area contributed by atoms with Gasteiger partial charge in [-0.2, -0.15) is 35.1 Å². The van der Waals surface area contributed by atoms with E-state index in [4.69, 9.17) is 10.2 Å². The van der Waals surface area contributed by atoms with Crippen molar-refractivity contribution in [3.8, 4) is 0 Å². The molecule has 0 aromatic rings. The van der Waals surface area contributed by atoms with E-state index in [9.17, 15) is 35.1 Å². The first kappa shape index (κ1) is 15.4. The van der Waals surface area contributed by atoms with Crippen molar-refractivity contribution in [1.29, 1.82) is 0 Å². The van der Waals surface area contributed by atoms with E-state index in [-0.39, 0.29) is 0 Å². The maximum atomic E-state index is 12.2. The fourth-order valence-electron chi connectivity index (χ4n) is 0.682. The van der Waals surface area contributed by atoms with Crippen molar-refractivity contribution in [2.24, 2.45) is 0 Å². The van der Waals surface area contributed by atoms with Crippen molar-refractivity contribution in [2.45, 2.75) is 36.9 Å². The predicted molar refractivity (Wildman–Crippen MR) is 33.7 cm³/mol. The lowest BCUT2D eigenvalue weighted by molar-refractivity contribution is -0.320. The molecule has 2 N–H and O–H groups in total. The second-order valence-electron chi connectivity index (χ2n) is 2.93. The van der Waals surface area contributed by atoms with Crippen molar-refractivity contribution in [2.75, 3.05) is 0 Å². The Labute approximate surface area is 83.5 Å². The fraction of sp³-hybridized carbons (Fsp3) is 1.00. The first-order valence-electron chi connectivity index (χ1n) is 3.67. The Morgan fingerprint density at radius 2 is 1.12 bits per heavy atom. The molecule has 98 valence electrons. The minimum absolute atomic E-state index is 2.16. The van der Waals surface area contributed by atoms with Crippen molar-refractivity contribution < 1.29 is 45.3 Å². The molecule has 0 aromatic heterocycles. The average molecular weight is 262 g/mol. The summed E-state index contributed by atoms with van der Waals surface area (Å²) in [5.74, 6) is -5.71.